The first kappa shape index (κ1) is 15.6. The van der Waals surface area contributed by atoms with Crippen LogP contribution in [0.1, 0.15) is 45.1 Å². The molecule has 0 aromatic heterocycles. The van der Waals surface area contributed by atoms with Crippen LogP contribution < -0.4 is 10.2 Å². The highest BCUT2D eigenvalue weighted by Crippen LogP contribution is 2.44. The van der Waals surface area contributed by atoms with Crippen LogP contribution in [0.15, 0.2) is 40.5 Å². The second-order valence-corrected chi connectivity index (χ2v) is 7.38. The van der Waals surface area contributed by atoms with E-state index < -0.39 is 0 Å². The fraction of sp³-hybridized carbons (Fsp3) is 0.500. The highest BCUT2D eigenvalue weighted by molar-refractivity contribution is 6.12. The third kappa shape index (κ3) is 2.32. The van der Waals surface area contributed by atoms with Gasteiger partial charge in [-0.15, -0.1) is 0 Å². The lowest BCUT2D eigenvalue weighted by molar-refractivity contribution is -0.124. The largest absolute Gasteiger partial charge is 0.314 e. The molecule has 1 aromatic rings. The van der Waals surface area contributed by atoms with Crippen LogP contribution in [0.2, 0.25) is 0 Å². The molecular formula is C20H25N3O. The second kappa shape index (κ2) is 5.85. The summed E-state index contributed by atoms with van der Waals surface area (Å²) in [4.78, 5) is 19.9. The van der Waals surface area contributed by atoms with Gasteiger partial charge in [-0.05, 0) is 51.2 Å². The van der Waals surface area contributed by atoms with Gasteiger partial charge in [0.15, 0.2) is 0 Å². The van der Waals surface area contributed by atoms with E-state index in [-0.39, 0.29) is 11.3 Å². The number of fused-ring (bicyclic) bond motifs is 2. The number of anilines is 1. The predicted octanol–water partition coefficient (Wildman–Crippen LogP) is 3.18. The monoisotopic (exact) mass is 323 g/mol. The molecule has 126 valence electrons. The number of carbonyl (C=O) groups is 1. The third-order valence-electron chi connectivity index (χ3n) is 5.64. The molecule has 0 saturated carbocycles. The number of allylic oxidation sites excluding steroid dienone is 2. The number of rotatable bonds is 3. The summed E-state index contributed by atoms with van der Waals surface area (Å²) in [6.45, 7) is 6.33. The topological polar surface area (TPSA) is 44.7 Å². The summed E-state index contributed by atoms with van der Waals surface area (Å²) < 4.78 is 0. The molecule has 24 heavy (non-hydrogen) atoms. The van der Waals surface area contributed by atoms with E-state index in [4.69, 9.17) is 4.99 Å². The van der Waals surface area contributed by atoms with Crippen molar-refractivity contribution in [1.29, 1.82) is 0 Å². The summed E-state index contributed by atoms with van der Waals surface area (Å²) in [6.07, 6.45) is 4.73. The first-order chi connectivity index (χ1) is 11.6. The average Bonchev–Trinajstić information content (AvgIpc) is 2.79. The number of nitrogens with zero attached hydrogens (tertiary/aromatic N) is 2. The van der Waals surface area contributed by atoms with E-state index in [0.29, 0.717) is 6.54 Å². The van der Waals surface area contributed by atoms with Crippen LogP contribution in [0.4, 0.5) is 5.69 Å². The van der Waals surface area contributed by atoms with Crippen LogP contribution in [0.25, 0.3) is 0 Å². The first-order valence-electron chi connectivity index (χ1n) is 8.97. The zero-order valence-corrected chi connectivity index (χ0v) is 14.6. The molecule has 1 aromatic carbocycles. The predicted molar refractivity (Wildman–Crippen MR) is 97.6 cm³/mol. The van der Waals surface area contributed by atoms with Crippen molar-refractivity contribution in [3.63, 3.8) is 0 Å². The molecule has 1 spiro atoms. The maximum absolute atomic E-state index is 13.1. The maximum Gasteiger partial charge on any atom is 0.240 e. The van der Waals surface area contributed by atoms with E-state index in [9.17, 15) is 4.79 Å². The second-order valence-electron chi connectivity index (χ2n) is 7.38. The Kier molecular flexibility index (Phi) is 3.80. The molecule has 4 rings (SSSR count). The fourth-order valence-corrected chi connectivity index (χ4v) is 4.16. The third-order valence-corrected chi connectivity index (χ3v) is 5.64. The molecule has 0 atom stereocenters. The van der Waals surface area contributed by atoms with E-state index in [0.717, 1.165) is 37.3 Å². The molecule has 1 saturated heterocycles. The number of benzene rings is 1. The molecule has 4 nitrogen and oxygen atoms in total. The van der Waals surface area contributed by atoms with Crippen molar-refractivity contribution in [2.24, 2.45) is 4.99 Å². The number of aliphatic imine (C=N–C) groups is 1. The Morgan fingerprint density at radius 1 is 1.25 bits per heavy atom. The molecule has 4 heteroatoms. The highest BCUT2D eigenvalue weighted by Gasteiger charge is 2.54. The Labute approximate surface area is 143 Å². The normalized spacial score (nSPS) is 22.8. The van der Waals surface area contributed by atoms with E-state index in [1.165, 1.54) is 29.7 Å². The Bertz CT molecular complexity index is 743. The molecular weight excluding hydrogens is 298 g/mol. The van der Waals surface area contributed by atoms with Crippen molar-refractivity contribution in [2.75, 3.05) is 24.5 Å². The van der Waals surface area contributed by atoms with E-state index in [2.05, 4.69) is 31.3 Å². The van der Waals surface area contributed by atoms with E-state index in [1.54, 1.807) is 0 Å². The van der Waals surface area contributed by atoms with Gasteiger partial charge in [-0.3, -0.25) is 9.79 Å². The Morgan fingerprint density at radius 3 is 2.71 bits per heavy atom. The minimum atomic E-state index is -0.336. The molecule has 2 aliphatic heterocycles. The van der Waals surface area contributed by atoms with Crippen molar-refractivity contribution in [2.45, 2.75) is 44.9 Å². The molecule has 0 unspecified atom stereocenters. The van der Waals surface area contributed by atoms with Gasteiger partial charge in [-0.25, -0.2) is 0 Å². The number of para-hydroxylation sites is 1. The zero-order chi connectivity index (χ0) is 16.7. The van der Waals surface area contributed by atoms with Crippen molar-refractivity contribution in [3.05, 3.63) is 41.1 Å². The molecule has 1 amide bonds. The minimum absolute atomic E-state index is 0.228. The van der Waals surface area contributed by atoms with Crippen LogP contribution in [0, 0.1) is 0 Å². The van der Waals surface area contributed by atoms with Crippen molar-refractivity contribution in [1.82, 2.24) is 5.32 Å². The number of hydrogen-bond acceptors (Lipinski definition) is 3. The standard InChI is InChI=1S/C20H25N3O/c1-14-7-3-5-9-17(14)22-15(2)11-23-18-10-6-4-8-16(18)20(19(23)24)12-21-13-20/h4,6,8,10,21H,3,5,7,9,11-13H2,1-2H3/b22-15+. The van der Waals surface area contributed by atoms with Crippen LogP contribution in [0.5, 0.6) is 0 Å². The highest BCUT2D eigenvalue weighted by atomic mass is 16.2. The molecule has 1 fully saturated rings. The zero-order valence-electron chi connectivity index (χ0n) is 14.6. The smallest absolute Gasteiger partial charge is 0.240 e. The summed E-state index contributed by atoms with van der Waals surface area (Å²) in [7, 11) is 0. The fourth-order valence-electron chi connectivity index (χ4n) is 4.16. The Morgan fingerprint density at radius 2 is 2.00 bits per heavy atom. The lowest BCUT2D eigenvalue weighted by atomic mass is 9.76. The number of nitrogens with one attached hydrogen (secondary N) is 1. The number of hydrogen-bond donors (Lipinski definition) is 1. The van der Waals surface area contributed by atoms with Gasteiger partial charge < -0.3 is 10.2 Å². The van der Waals surface area contributed by atoms with Gasteiger partial charge in [0.05, 0.1) is 6.54 Å². The Balaban J connectivity index is 1.62. The summed E-state index contributed by atoms with van der Waals surface area (Å²) in [5, 5.41) is 3.28. The number of carbonyl (C=O) groups excluding carboxylic acids is 1. The number of amides is 1. The van der Waals surface area contributed by atoms with Gasteiger partial charge in [0, 0.05) is 30.2 Å². The Hall–Kier alpha value is -1.94. The van der Waals surface area contributed by atoms with Gasteiger partial charge in [-0.2, -0.15) is 0 Å². The molecule has 1 N–H and O–H groups in total. The summed E-state index contributed by atoms with van der Waals surface area (Å²) in [5.41, 5.74) is 5.57. The van der Waals surface area contributed by atoms with Gasteiger partial charge in [0.2, 0.25) is 5.91 Å². The minimum Gasteiger partial charge on any atom is -0.314 e. The van der Waals surface area contributed by atoms with Crippen LogP contribution in [0.3, 0.4) is 0 Å². The lowest BCUT2D eigenvalue weighted by Crippen LogP contribution is -2.62. The van der Waals surface area contributed by atoms with Crippen molar-refractivity contribution in [3.8, 4) is 0 Å². The summed E-state index contributed by atoms with van der Waals surface area (Å²) in [6, 6.07) is 8.23. The van der Waals surface area contributed by atoms with Gasteiger partial charge >= 0.3 is 0 Å². The first-order valence-corrected chi connectivity index (χ1v) is 8.97. The van der Waals surface area contributed by atoms with Gasteiger partial charge in [0.1, 0.15) is 5.41 Å². The van der Waals surface area contributed by atoms with E-state index >= 15 is 0 Å². The quantitative estimate of drug-likeness (QED) is 0.868. The van der Waals surface area contributed by atoms with Crippen LogP contribution >= 0.6 is 0 Å². The molecule has 0 bridgehead atoms. The maximum atomic E-state index is 13.1. The molecule has 2 heterocycles. The molecule has 0 radical (unpaired) electrons. The summed E-state index contributed by atoms with van der Waals surface area (Å²) in [5.74, 6) is 0.228. The van der Waals surface area contributed by atoms with Crippen molar-refractivity contribution < 1.29 is 4.79 Å². The van der Waals surface area contributed by atoms with Crippen molar-refractivity contribution >= 4 is 17.3 Å². The SMILES string of the molecule is CC1=C(/N=C(\C)CN2C(=O)C3(CNC3)c3ccccc32)CCCC1. The summed E-state index contributed by atoms with van der Waals surface area (Å²) >= 11 is 0. The van der Waals surface area contributed by atoms with Gasteiger partial charge in [0.25, 0.3) is 0 Å². The lowest BCUT2D eigenvalue weighted by Gasteiger charge is -2.38. The van der Waals surface area contributed by atoms with Crippen LogP contribution in [-0.4, -0.2) is 31.3 Å². The molecule has 1 aliphatic carbocycles. The molecule has 3 aliphatic rings. The van der Waals surface area contributed by atoms with Crippen LogP contribution in [-0.2, 0) is 10.2 Å². The van der Waals surface area contributed by atoms with E-state index in [1.807, 2.05) is 17.0 Å². The van der Waals surface area contributed by atoms with Gasteiger partial charge in [-0.1, -0.05) is 23.8 Å². The average molecular weight is 323 g/mol.